The summed E-state index contributed by atoms with van der Waals surface area (Å²) in [6, 6.07) is -0.750. The standard InChI is InChI=1S/C18H21N5O5S2/c1-9(2)4-5-28-17(26)10-6-23-15(25)13(16(23)29-7-10)21-14(24)12(22-27-3)11-8-30-18(19)20-11/h4,6,8,13,16H,5,7H2,1-3H3,(H2,19,20)(H,21,24)/t13?,16-/m1/s1. The van der Waals surface area contributed by atoms with Gasteiger partial charge in [0.25, 0.3) is 11.8 Å². The molecule has 0 aliphatic carbocycles. The molecule has 1 saturated heterocycles. The smallest absolute Gasteiger partial charge is 0.336 e. The Morgan fingerprint density at radius 3 is 2.87 bits per heavy atom. The second-order valence-corrected chi connectivity index (χ2v) is 8.62. The second-order valence-electron chi connectivity index (χ2n) is 6.63. The van der Waals surface area contributed by atoms with Gasteiger partial charge in [-0.3, -0.25) is 9.59 Å². The van der Waals surface area contributed by atoms with Crippen LogP contribution in [-0.2, 0) is 24.0 Å². The highest BCUT2D eigenvalue weighted by Crippen LogP contribution is 2.36. The Morgan fingerprint density at radius 2 is 2.23 bits per heavy atom. The Kier molecular flexibility index (Phi) is 6.77. The lowest BCUT2D eigenvalue weighted by molar-refractivity contribution is -0.144. The molecule has 1 unspecified atom stereocenters. The number of nitrogens with one attached hydrogen (secondary N) is 1. The third-order valence-corrected chi connectivity index (χ3v) is 6.19. The molecule has 0 spiro atoms. The molecule has 3 N–H and O–H groups in total. The van der Waals surface area contributed by atoms with E-state index in [0.29, 0.717) is 11.3 Å². The molecule has 2 amide bonds. The SMILES string of the molecule is CON=C(C(=O)NC1C(=O)N2C=C(C(=O)OCC=C(C)C)CS[C@H]12)c1csc(N)n1. The van der Waals surface area contributed by atoms with Crippen molar-refractivity contribution >= 4 is 51.7 Å². The minimum absolute atomic E-state index is 0.0726. The summed E-state index contributed by atoms with van der Waals surface area (Å²) in [5, 5.41) is 7.90. The van der Waals surface area contributed by atoms with Crippen LogP contribution in [0.25, 0.3) is 0 Å². The number of allylic oxidation sites excluding steroid dienone is 1. The Balaban J connectivity index is 1.63. The predicted octanol–water partition coefficient (Wildman–Crippen LogP) is 0.869. The van der Waals surface area contributed by atoms with E-state index in [4.69, 9.17) is 15.3 Å². The third kappa shape index (κ3) is 4.65. The zero-order valence-corrected chi connectivity index (χ0v) is 18.2. The first-order valence-corrected chi connectivity index (χ1v) is 10.8. The van der Waals surface area contributed by atoms with Crippen molar-refractivity contribution in [1.29, 1.82) is 0 Å². The van der Waals surface area contributed by atoms with E-state index in [-0.39, 0.29) is 34.4 Å². The molecule has 1 aromatic heterocycles. The summed E-state index contributed by atoms with van der Waals surface area (Å²) < 4.78 is 5.19. The Morgan fingerprint density at radius 1 is 1.47 bits per heavy atom. The van der Waals surface area contributed by atoms with Crippen LogP contribution in [0.5, 0.6) is 0 Å². The largest absolute Gasteiger partial charge is 0.458 e. The highest BCUT2D eigenvalue weighted by molar-refractivity contribution is 8.00. The number of rotatable bonds is 7. The molecule has 30 heavy (non-hydrogen) atoms. The number of β-lactam (4-membered cyclic amide) rings is 1. The lowest BCUT2D eigenvalue weighted by atomic mass is 10.1. The zero-order chi connectivity index (χ0) is 21.8. The summed E-state index contributed by atoms with van der Waals surface area (Å²) in [5.74, 6) is -1.02. The highest BCUT2D eigenvalue weighted by Gasteiger charge is 2.50. The van der Waals surface area contributed by atoms with E-state index in [0.717, 1.165) is 16.9 Å². The minimum atomic E-state index is -0.750. The van der Waals surface area contributed by atoms with Gasteiger partial charge >= 0.3 is 5.97 Å². The first-order chi connectivity index (χ1) is 14.3. The van der Waals surface area contributed by atoms with Gasteiger partial charge in [0.05, 0.1) is 5.57 Å². The molecule has 0 radical (unpaired) electrons. The molecule has 3 rings (SSSR count). The lowest BCUT2D eigenvalue weighted by Gasteiger charge is -2.47. The van der Waals surface area contributed by atoms with E-state index in [1.54, 1.807) is 11.5 Å². The van der Waals surface area contributed by atoms with Crippen molar-refractivity contribution in [3.8, 4) is 0 Å². The second kappa shape index (κ2) is 9.30. The number of hydrogen-bond donors (Lipinski definition) is 2. The van der Waals surface area contributed by atoms with Gasteiger partial charge in [0, 0.05) is 17.3 Å². The van der Waals surface area contributed by atoms with Gasteiger partial charge in [0.15, 0.2) is 10.8 Å². The number of amides is 2. The van der Waals surface area contributed by atoms with Crippen molar-refractivity contribution in [2.24, 2.45) is 5.16 Å². The summed E-state index contributed by atoms with van der Waals surface area (Å²) in [7, 11) is 1.30. The Hall–Kier alpha value is -2.86. The van der Waals surface area contributed by atoms with E-state index in [2.05, 4.69) is 15.5 Å². The average Bonchev–Trinajstić information content (AvgIpc) is 3.14. The van der Waals surface area contributed by atoms with Crippen molar-refractivity contribution in [1.82, 2.24) is 15.2 Å². The van der Waals surface area contributed by atoms with Gasteiger partial charge in [0.1, 0.15) is 30.8 Å². The molecule has 1 fully saturated rings. The number of hydrogen-bond acceptors (Lipinski definition) is 10. The molecule has 12 heteroatoms. The maximum absolute atomic E-state index is 12.6. The number of ether oxygens (including phenoxy) is 1. The number of fused-ring (bicyclic) bond motifs is 1. The van der Waals surface area contributed by atoms with Crippen molar-refractivity contribution in [3.63, 3.8) is 0 Å². The predicted molar refractivity (Wildman–Crippen MR) is 114 cm³/mol. The molecule has 2 aliphatic rings. The van der Waals surface area contributed by atoms with Crippen LogP contribution in [0, 0.1) is 0 Å². The van der Waals surface area contributed by atoms with Crippen LogP contribution >= 0.6 is 23.1 Å². The normalized spacial score (nSPS) is 20.5. The Bertz CT molecular complexity index is 951. The van der Waals surface area contributed by atoms with Crippen LogP contribution in [0.15, 0.2) is 34.0 Å². The number of aromatic nitrogens is 1. The molecule has 160 valence electrons. The number of nitrogens with zero attached hydrogens (tertiary/aromatic N) is 3. The number of thioether (sulfide) groups is 1. The van der Waals surface area contributed by atoms with Crippen molar-refractivity contribution in [2.45, 2.75) is 25.3 Å². The topological polar surface area (TPSA) is 136 Å². The molecular weight excluding hydrogens is 430 g/mol. The summed E-state index contributed by atoms with van der Waals surface area (Å²) in [6.07, 6.45) is 3.29. The van der Waals surface area contributed by atoms with Crippen LogP contribution in [-0.4, -0.2) is 64.3 Å². The molecule has 1 aromatic rings. The molecule has 2 aliphatic heterocycles. The zero-order valence-electron chi connectivity index (χ0n) is 16.6. The average molecular weight is 452 g/mol. The lowest BCUT2D eigenvalue weighted by Crippen LogP contribution is -2.69. The minimum Gasteiger partial charge on any atom is -0.458 e. The van der Waals surface area contributed by atoms with E-state index < -0.39 is 17.9 Å². The summed E-state index contributed by atoms with van der Waals surface area (Å²) in [6.45, 7) is 4.00. The maximum atomic E-state index is 12.6. The maximum Gasteiger partial charge on any atom is 0.336 e. The van der Waals surface area contributed by atoms with Crippen molar-refractivity contribution in [2.75, 3.05) is 25.2 Å². The van der Waals surface area contributed by atoms with Gasteiger partial charge in [-0.05, 0) is 19.9 Å². The highest BCUT2D eigenvalue weighted by atomic mass is 32.2. The van der Waals surface area contributed by atoms with Crippen LogP contribution in [0.4, 0.5) is 5.13 Å². The van der Waals surface area contributed by atoms with E-state index in [9.17, 15) is 14.4 Å². The third-order valence-electron chi connectivity index (χ3n) is 4.20. The first kappa shape index (κ1) is 21.8. The van der Waals surface area contributed by atoms with Crippen molar-refractivity contribution < 1.29 is 24.0 Å². The number of nitrogen functional groups attached to an aromatic ring is 1. The molecule has 0 saturated carbocycles. The van der Waals surface area contributed by atoms with Gasteiger partial charge in [-0.15, -0.1) is 23.1 Å². The molecule has 3 heterocycles. The van der Waals surface area contributed by atoms with E-state index in [1.807, 2.05) is 13.8 Å². The van der Waals surface area contributed by atoms with Crippen molar-refractivity contribution in [3.05, 3.63) is 34.5 Å². The molecular formula is C18H21N5O5S2. The van der Waals surface area contributed by atoms with Crippen LogP contribution in [0.2, 0.25) is 0 Å². The van der Waals surface area contributed by atoms with E-state index in [1.165, 1.54) is 30.0 Å². The molecule has 0 aromatic carbocycles. The van der Waals surface area contributed by atoms with Crippen LogP contribution in [0.3, 0.4) is 0 Å². The fourth-order valence-corrected chi connectivity index (χ4v) is 4.50. The molecule has 2 atom stereocenters. The summed E-state index contributed by atoms with van der Waals surface area (Å²) in [4.78, 5) is 47.5. The fraction of sp³-hybridized carbons (Fsp3) is 0.389. The summed E-state index contributed by atoms with van der Waals surface area (Å²) in [5.41, 5.74) is 7.24. The van der Waals surface area contributed by atoms with E-state index >= 15 is 0 Å². The number of thiazole rings is 1. The number of esters is 1. The van der Waals surface area contributed by atoms with Gasteiger partial charge in [-0.1, -0.05) is 10.7 Å². The van der Waals surface area contributed by atoms with Gasteiger partial charge in [-0.2, -0.15) is 0 Å². The molecule has 0 bridgehead atoms. The number of nitrogens with two attached hydrogens (primary N) is 1. The summed E-state index contributed by atoms with van der Waals surface area (Å²) >= 11 is 2.53. The Labute approximate surface area is 181 Å². The quantitative estimate of drug-likeness (QED) is 0.205. The number of carbonyl (C=O) groups excluding carboxylic acids is 3. The van der Waals surface area contributed by atoms with Crippen LogP contribution in [0.1, 0.15) is 19.5 Å². The number of anilines is 1. The van der Waals surface area contributed by atoms with Crippen LogP contribution < -0.4 is 11.1 Å². The number of oxime groups is 1. The first-order valence-electron chi connectivity index (χ1n) is 8.90. The monoisotopic (exact) mass is 451 g/mol. The van der Waals surface area contributed by atoms with Gasteiger partial charge in [-0.25, -0.2) is 9.78 Å². The van der Waals surface area contributed by atoms with Gasteiger partial charge in [0.2, 0.25) is 0 Å². The van der Waals surface area contributed by atoms with Gasteiger partial charge < -0.3 is 25.5 Å². The molecule has 10 nitrogen and oxygen atoms in total. The number of carbonyl (C=O) groups is 3. The fourth-order valence-electron chi connectivity index (χ4n) is 2.70.